The first-order valence-electron chi connectivity index (χ1n) is 3.70. The zero-order valence-electron chi connectivity index (χ0n) is 6.54. The Morgan fingerprint density at radius 2 is 2.42 bits per heavy atom. The predicted octanol–water partition coefficient (Wildman–Crippen LogP) is 3.02. The van der Waals surface area contributed by atoms with Gasteiger partial charge in [-0.05, 0) is 28.4 Å². The van der Waals surface area contributed by atoms with Crippen LogP contribution in [-0.2, 0) is 6.42 Å². The molecule has 12 heavy (non-hydrogen) atoms. The molecule has 2 aromatic heterocycles. The molecule has 0 saturated heterocycles. The quantitative estimate of drug-likeness (QED) is 0.769. The molecular weight excluding hydrogens is 236 g/mol. The van der Waals surface area contributed by atoms with Gasteiger partial charge in [0.1, 0.15) is 10.3 Å². The Morgan fingerprint density at radius 1 is 1.58 bits per heavy atom. The lowest BCUT2D eigenvalue weighted by molar-refractivity contribution is 1.11. The molecule has 2 aromatic rings. The third kappa shape index (κ3) is 1.36. The number of nitrogens with zero attached hydrogens (tertiary/aromatic N) is 2. The average Bonchev–Trinajstić information content (AvgIpc) is 2.46. The average molecular weight is 243 g/mol. The maximum absolute atomic E-state index is 4.42. The molecule has 62 valence electrons. The second-order valence-electron chi connectivity index (χ2n) is 2.44. The van der Waals surface area contributed by atoms with E-state index >= 15 is 0 Å². The summed E-state index contributed by atoms with van der Waals surface area (Å²) in [6.45, 7) is 2.10. The van der Waals surface area contributed by atoms with Gasteiger partial charge in [-0.3, -0.25) is 0 Å². The molecule has 0 N–H and O–H groups in total. The summed E-state index contributed by atoms with van der Waals surface area (Å²) in [4.78, 5) is 9.70. The van der Waals surface area contributed by atoms with Crippen LogP contribution in [0.25, 0.3) is 10.3 Å². The standard InChI is InChI=1S/C8H7BrN2S/c1-2-7-11-6-3-5(9)4-10-8(6)12-7/h3-4H,2H2,1H3. The number of hydrogen-bond donors (Lipinski definition) is 0. The van der Waals surface area contributed by atoms with Gasteiger partial charge in [0.2, 0.25) is 0 Å². The van der Waals surface area contributed by atoms with Crippen molar-refractivity contribution in [1.29, 1.82) is 0 Å². The molecule has 0 atom stereocenters. The highest BCUT2D eigenvalue weighted by molar-refractivity contribution is 9.10. The van der Waals surface area contributed by atoms with E-state index in [1.807, 2.05) is 6.07 Å². The minimum atomic E-state index is 0.985. The van der Waals surface area contributed by atoms with E-state index in [4.69, 9.17) is 0 Å². The van der Waals surface area contributed by atoms with Gasteiger partial charge < -0.3 is 0 Å². The van der Waals surface area contributed by atoms with Crippen molar-refractivity contribution in [3.63, 3.8) is 0 Å². The second-order valence-corrected chi connectivity index (χ2v) is 4.42. The maximum Gasteiger partial charge on any atom is 0.143 e. The SMILES string of the molecule is CCc1nc2cc(Br)cnc2s1. The number of thiazole rings is 1. The van der Waals surface area contributed by atoms with E-state index in [2.05, 4.69) is 32.8 Å². The molecule has 0 amide bonds. The van der Waals surface area contributed by atoms with Crippen molar-refractivity contribution >= 4 is 37.6 Å². The normalized spacial score (nSPS) is 10.8. The number of aryl methyl sites for hydroxylation is 1. The van der Waals surface area contributed by atoms with E-state index in [-0.39, 0.29) is 0 Å². The van der Waals surface area contributed by atoms with E-state index in [0.29, 0.717) is 0 Å². The number of halogens is 1. The summed E-state index contributed by atoms with van der Waals surface area (Å²) in [5, 5.41) is 1.15. The van der Waals surface area contributed by atoms with Crippen LogP contribution in [0.2, 0.25) is 0 Å². The Balaban J connectivity index is 2.67. The maximum atomic E-state index is 4.42. The van der Waals surface area contributed by atoms with E-state index in [1.54, 1.807) is 17.5 Å². The summed E-state index contributed by atoms with van der Waals surface area (Å²) < 4.78 is 0.989. The van der Waals surface area contributed by atoms with Gasteiger partial charge in [0.05, 0.1) is 5.01 Å². The summed E-state index contributed by atoms with van der Waals surface area (Å²) in [5.74, 6) is 0. The van der Waals surface area contributed by atoms with Crippen molar-refractivity contribution in [2.24, 2.45) is 0 Å². The monoisotopic (exact) mass is 242 g/mol. The molecule has 0 unspecified atom stereocenters. The molecule has 4 heteroatoms. The van der Waals surface area contributed by atoms with Crippen LogP contribution in [0.4, 0.5) is 0 Å². The fourth-order valence-corrected chi connectivity index (χ4v) is 2.14. The Morgan fingerprint density at radius 3 is 3.17 bits per heavy atom. The van der Waals surface area contributed by atoms with Gasteiger partial charge in [0, 0.05) is 10.7 Å². The number of aromatic nitrogens is 2. The molecule has 0 aromatic carbocycles. The molecular formula is C8H7BrN2S. The van der Waals surface area contributed by atoms with Crippen molar-refractivity contribution < 1.29 is 0 Å². The van der Waals surface area contributed by atoms with Crippen LogP contribution in [-0.4, -0.2) is 9.97 Å². The van der Waals surface area contributed by atoms with Gasteiger partial charge in [-0.25, -0.2) is 9.97 Å². The highest BCUT2D eigenvalue weighted by Crippen LogP contribution is 2.22. The van der Waals surface area contributed by atoms with Crippen LogP contribution in [0.15, 0.2) is 16.7 Å². The Labute approximate surface area is 82.8 Å². The van der Waals surface area contributed by atoms with Gasteiger partial charge in [0.25, 0.3) is 0 Å². The fraction of sp³-hybridized carbons (Fsp3) is 0.250. The predicted molar refractivity (Wildman–Crippen MR) is 54.5 cm³/mol. The van der Waals surface area contributed by atoms with Crippen LogP contribution < -0.4 is 0 Å². The van der Waals surface area contributed by atoms with Crippen molar-refractivity contribution in [1.82, 2.24) is 9.97 Å². The van der Waals surface area contributed by atoms with Crippen molar-refractivity contribution in [2.45, 2.75) is 13.3 Å². The van der Waals surface area contributed by atoms with E-state index < -0.39 is 0 Å². The minimum absolute atomic E-state index is 0.985. The van der Waals surface area contributed by atoms with Crippen molar-refractivity contribution in [3.05, 3.63) is 21.7 Å². The lowest BCUT2D eigenvalue weighted by atomic mass is 10.4. The number of rotatable bonds is 1. The van der Waals surface area contributed by atoms with Crippen LogP contribution in [0.3, 0.4) is 0 Å². The smallest absolute Gasteiger partial charge is 0.143 e. The second kappa shape index (κ2) is 3.11. The molecule has 0 radical (unpaired) electrons. The van der Waals surface area contributed by atoms with E-state index in [0.717, 1.165) is 26.2 Å². The van der Waals surface area contributed by atoms with Gasteiger partial charge in [-0.1, -0.05) is 18.3 Å². The molecule has 0 aliphatic carbocycles. The molecule has 2 rings (SSSR count). The zero-order chi connectivity index (χ0) is 8.55. The minimum Gasteiger partial charge on any atom is -0.242 e. The molecule has 0 fully saturated rings. The van der Waals surface area contributed by atoms with Gasteiger partial charge in [-0.2, -0.15) is 0 Å². The lowest BCUT2D eigenvalue weighted by Gasteiger charge is -1.86. The zero-order valence-corrected chi connectivity index (χ0v) is 8.94. The highest BCUT2D eigenvalue weighted by Gasteiger charge is 2.02. The molecule has 2 heterocycles. The lowest BCUT2D eigenvalue weighted by Crippen LogP contribution is -1.75. The summed E-state index contributed by atoms with van der Waals surface area (Å²) in [7, 11) is 0. The van der Waals surface area contributed by atoms with Crippen LogP contribution in [0, 0.1) is 0 Å². The van der Waals surface area contributed by atoms with Crippen molar-refractivity contribution in [2.75, 3.05) is 0 Å². The van der Waals surface area contributed by atoms with Crippen LogP contribution >= 0.6 is 27.3 Å². The molecule has 0 aliphatic heterocycles. The first-order chi connectivity index (χ1) is 5.79. The summed E-state index contributed by atoms with van der Waals surface area (Å²) in [6, 6.07) is 2.00. The molecule has 2 nitrogen and oxygen atoms in total. The number of pyridine rings is 1. The number of fused-ring (bicyclic) bond motifs is 1. The largest absolute Gasteiger partial charge is 0.242 e. The Hall–Kier alpha value is -0.480. The fourth-order valence-electron chi connectivity index (χ4n) is 0.995. The summed E-state index contributed by atoms with van der Waals surface area (Å²) >= 11 is 5.03. The van der Waals surface area contributed by atoms with E-state index in [9.17, 15) is 0 Å². The molecule has 0 aliphatic rings. The van der Waals surface area contributed by atoms with Crippen LogP contribution in [0.1, 0.15) is 11.9 Å². The van der Waals surface area contributed by atoms with E-state index in [1.165, 1.54) is 0 Å². The number of hydrogen-bond acceptors (Lipinski definition) is 3. The van der Waals surface area contributed by atoms with Gasteiger partial charge in [0.15, 0.2) is 0 Å². The third-order valence-corrected chi connectivity index (χ3v) is 3.12. The summed E-state index contributed by atoms with van der Waals surface area (Å²) in [6.07, 6.45) is 2.79. The molecule has 0 bridgehead atoms. The third-order valence-electron chi connectivity index (χ3n) is 1.56. The first-order valence-corrected chi connectivity index (χ1v) is 5.31. The van der Waals surface area contributed by atoms with Gasteiger partial charge >= 0.3 is 0 Å². The van der Waals surface area contributed by atoms with Crippen LogP contribution in [0.5, 0.6) is 0 Å². The highest BCUT2D eigenvalue weighted by atomic mass is 79.9. The molecule has 0 spiro atoms. The topological polar surface area (TPSA) is 25.8 Å². The Bertz CT molecular complexity index is 410. The Kier molecular flexibility index (Phi) is 2.11. The molecule has 0 saturated carbocycles. The van der Waals surface area contributed by atoms with Gasteiger partial charge in [-0.15, -0.1) is 0 Å². The van der Waals surface area contributed by atoms with Crippen molar-refractivity contribution in [3.8, 4) is 0 Å². The summed E-state index contributed by atoms with van der Waals surface area (Å²) in [5.41, 5.74) is 0.992. The first kappa shape index (κ1) is 8.13.